The maximum absolute atomic E-state index is 12.9. The second-order valence-corrected chi connectivity index (χ2v) is 10.3. The highest BCUT2D eigenvalue weighted by molar-refractivity contribution is 8.00. The summed E-state index contributed by atoms with van der Waals surface area (Å²) in [6.45, 7) is 4.35. The Hall–Kier alpha value is -3.00. The van der Waals surface area contributed by atoms with Crippen molar-refractivity contribution in [1.82, 2.24) is 0 Å². The second kappa shape index (κ2) is 14.1. The van der Waals surface area contributed by atoms with Gasteiger partial charge in [-0.15, -0.1) is 11.8 Å². The molecule has 0 spiro atoms. The molecule has 0 aliphatic carbocycles. The first kappa shape index (κ1) is 28.6. The summed E-state index contributed by atoms with van der Waals surface area (Å²) in [7, 11) is 0. The SMILES string of the molecule is CCCCOC(=O)c1ccc(NC(=O)C(CC)Sc2cccc(NC(=O)c3ccc(Cl)cc3Cl)c2)cc1. The first-order valence-corrected chi connectivity index (χ1v) is 13.6. The fraction of sp³-hybridized carbons (Fsp3) is 0.250. The number of hydrogen-bond acceptors (Lipinski definition) is 5. The Bertz CT molecular complexity index is 1250. The Labute approximate surface area is 231 Å². The van der Waals surface area contributed by atoms with E-state index in [-0.39, 0.29) is 28.1 Å². The number of ether oxygens (including phenoxy) is 1. The Kier molecular flexibility index (Phi) is 10.9. The lowest BCUT2D eigenvalue weighted by Crippen LogP contribution is -2.24. The lowest BCUT2D eigenvalue weighted by atomic mass is 10.2. The van der Waals surface area contributed by atoms with Gasteiger partial charge in [-0.1, -0.05) is 49.5 Å². The molecule has 0 radical (unpaired) electrons. The van der Waals surface area contributed by atoms with E-state index in [9.17, 15) is 14.4 Å². The lowest BCUT2D eigenvalue weighted by Gasteiger charge is -2.16. The van der Waals surface area contributed by atoms with E-state index in [0.29, 0.717) is 40.6 Å². The van der Waals surface area contributed by atoms with Crippen LogP contribution in [0.3, 0.4) is 0 Å². The summed E-state index contributed by atoms with van der Waals surface area (Å²) in [5.41, 5.74) is 1.93. The van der Waals surface area contributed by atoms with Crippen LogP contribution >= 0.6 is 35.0 Å². The molecule has 9 heteroatoms. The van der Waals surface area contributed by atoms with Gasteiger partial charge in [0.25, 0.3) is 5.91 Å². The monoisotopic (exact) mass is 558 g/mol. The van der Waals surface area contributed by atoms with Crippen LogP contribution in [0.4, 0.5) is 11.4 Å². The number of carbonyl (C=O) groups excluding carboxylic acids is 3. The van der Waals surface area contributed by atoms with Crippen molar-refractivity contribution in [2.24, 2.45) is 0 Å². The van der Waals surface area contributed by atoms with Gasteiger partial charge in [-0.25, -0.2) is 4.79 Å². The maximum Gasteiger partial charge on any atom is 0.338 e. The molecule has 2 N–H and O–H groups in total. The summed E-state index contributed by atoms with van der Waals surface area (Å²) in [6.07, 6.45) is 2.36. The van der Waals surface area contributed by atoms with Gasteiger partial charge >= 0.3 is 5.97 Å². The first-order valence-electron chi connectivity index (χ1n) is 11.9. The highest BCUT2D eigenvalue weighted by Crippen LogP contribution is 2.29. The molecule has 0 aliphatic rings. The van der Waals surface area contributed by atoms with Gasteiger partial charge in [0, 0.05) is 21.3 Å². The van der Waals surface area contributed by atoms with Crippen molar-refractivity contribution >= 4 is 64.1 Å². The minimum atomic E-state index is -0.376. The summed E-state index contributed by atoms with van der Waals surface area (Å²) >= 11 is 13.5. The molecule has 0 bridgehead atoms. The molecule has 0 aromatic heterocycles. The Morgan fingerprint density at radius 3 is 2.35 bits per heavy atom. The van der Waals surface area contributed by atoms with Crippen LogP contribution in [0.15, 0.2) is 71.6 Å². The number of amides is 2. The van der Waals surface area contributed by atoms with Gasteiger partial charge in [0.15, 0.2) is 0 Å². The van der Waals surface area contributed by atoms with Crippen LogP contribution in [0, 0.1) is 0 Å². The van der Waals surface area contributed by atoms with Gasteiger partial charge in [-0.05, 0) is 73.5 Å². The molecule has 0 saturated heterocycles. The Balaban J connectivity index is 1.60. The van der Waals surface area contributed by atoms with E-state index < -0.39 is 0 Å². The highest BCUT2D eigenvalue weighted by atomic mass is 35.5. The van der Waals surface area contributed by atoms with Crippen molar-refractivity contribution in [1.29, 1.82) is 0 Å². The molecule has 0 aliphatic heterocycles. The van der Waals surface area contributed by atoms with Gasteiger partial charge in [0.1, 0.15) is 0 Å². The van der Waals surface area contributed by atoms with Crippen molar-refractivity contribution in [2.75, 3.05) is 17.2 Å². The largest absolute Gasteiger partial charge is 0.462 e. The molecule has 1 atom stereocenters. The second-order valence-electron chi connectivity index (χ2n) is 8.18. The Morgan fingerprint density at radius 1 is 0.919 bits per heavy atom. The third kappa shape index (κ3) is 8.52. The third-order valence-corrected chi connectivity index (χ3v) is 7.23. The van der Waals surface area contributed by atoms with E-state index in [1.807, 2.05) is 26.0 Å². The smallest absolute Gasteiger partial charge is 0.338 e. The molecular formula is C28H28Cl2N2O4S. The predicted octanol–water partition coefficient (Wildman–Crippen LogP) is 7.71. The van der Waals surface area contributed by atoms with Crippen LogP contribution in [0.5, 0.6) is 0 Å². The predicted molar refractivity (Wildman–Crippen MR) is 151 cm³/mol. The molecule has 6 nitrogen and oxygen atoms in total. The van der Waals surface area contributed by atoms with Gasteiger partial charge in [0.05, 0.1) is 28.0 Å². The van der Waals surface area contributed by atoms with Crippen LogP contribution in [0.1, 0.15) is 53.8 Å². The van der Waals surface area contributed by atoms with Gasteiger partial charge in [-0.3, -0.25) is 9.59 Å². The summed E-state index contributed by atoms with van der Waals surface area (Å²) in [4.78, 5) is 38.5. The average molecular weight is 560 g/mol. The molecule has 1 unspecified atom stereocenters. The number of halogens is 2. The first-order chi connectivity index (χ1) is 17.8. The van der Waals surface area contributed by atoms with Crippen LogP contribution in [-0.2, 0) is 9.53 Å². The standard InChI is InChI=1S/C28H28Cl2N2O4S/c1-3-5-15-36-28(35)18-9-12-20(13-10-18)31-27(34)25(4-2)37-22-8-6-7-21(17-22)32-26(33)23-14-11-19(29)16-24(23)30/h6-14,16-17,25H,3-5,15H2,1-2H3,(H,31,34)(H,32,33). The molecule has 37 heavy (non-hydrogen) atoms. The molecule has 3 aromatic rings. The Morgan fingerprint density at radius 2 is 1.68 bits per heavy atom. The van der Waals surface area contributed by atoms with Crippen molar-refractivity contribution in [3.8, 4) is 0 Å². The molecule has 0 fully saturated rings. The summed E-state index contributed by atoms with van der Waals surface area (Å²) in [6, 6.07) is 18.6. The molecule has 0 saturated carbocycles. The number of carbonyl (C=O) groups is 3. The summed E-state index contributed by atoms with van der Waals surface area (Å²) < 4.78 is 5.21. The van der Waals surface area contributed by atoms with E-state index in [0.717, 1.165) is 17.7 Å². The maximum atomic E-state index is 12.9. The minimum absolute atomic E-state index is 0.159. The molecular weight excluding hydrogens is 531 g/mol. The molecule has 2 amide bonds. The number of esters is 1. The number of nitrogens with one attached hydrogen (secondary N) is 2. The van der Waals surface area contributed by atoms with Gasteiger partial charge < -0.3 is 15.4 Å². The molecule has 194 valence electrons. The third-order valence-electron chi connectivity index (χ3n) is 5.33. The molecule has 3 aromatic carbocycles. The van der Waals surface area contributed by atoms with E-state index >= 15 is 0 Å². The minimum Gasteiger partial charge on any atom is -0.462 e. The highest BCUT2D eigenvalue weighted by Gasteiger charge is 2.19. The quantitative estimate of drug-likeness (QED) is 0.143. The fourth-order valence-corrected chi connectivity index (χ4v) is 4.82. The van der Waals surface area contributed by atoms with Crippen molar-refractivity contribution in [3.63, 3.8) is 0 Å². The van der Waals surface area contributed by atoms with Crippen LogP contribution in [0.25, 0.3) is 0 Å². The zero-order chi connectivity index (χ0) is 26.8. The number of unbranched alkanes of at least 4 members (excludes halogenated alkanes) is 1. The van der Waals surface area contributed by atoms with E-state index in [1.165, 1.54) is 17.8 Å². The number of thioether (sulfide) groups is 1. The van der Waals surface area contributed by atoms with Crippen molar-refractivity contribution in [2.45, 2.75) is 43.3 Å². The normalized spacial score (nSPS) is 11.5. The number of hydrogen-bond donors (Lipinski definition) is 2. The van der Waals surface area contributed by atoms with E-state index in [4.69, 9.17) is 27.9 Å². The molecule has 3 rings (SSSR count). The number of anilines is 2. The number of benzene rings is 3. The molecule has 0 heterocycles. The van der Waals surface area contributed by atoms with Gasteiger partial charge in [0.2, 0.25) is 5.91 Å². The van der Waals surface area contributed by atoms with Crippen LogP contribution < -0.4 is 10.6 Å². The van der Waals surface area contributed by atoms with Crippen LogP contribution in [-0.4, -0.2) is 29.6 Å². The summed E-state index contributed by atoms with van der Waals surface area (Å²) in [5, 5.41) is 6.08. The van der Waals surface area contributed by atoms with Crippen molar-refractivity contribution in [3.05, 3.63) is 87.9 Å². The lowest BCUT2D eigenvalue weighted by molar-refractivity contribution is -0.115. The van der Waals surface area contributed by atoms with Crippen LogP contribution in [0.2, 0.25) is 10.0 Å². The number of rotatable bonds is 11. The zero-order valence-corrected chi connectivity index (χ0v) is 22.9. The average Bonchev–Trinajstić information content (AvgIpc) is 2.87. The zero-order valence-electron chi connectivity index (χ0n) is 20.6. The fourth-order valence-electron chi connectivity index (χ4n) is 3.31. The summed E-state index contributed by atoms with van der Waals surface area (Å²) in [5.74, 6) is -0.891. The van der Waals surface area contributed by atoms with Crippen molar-refractivity contribution < 1.29 is 19.1 Å². The van der Waals surface area contributed by atoms with E-state index in [1.54, 1.807) is 48.5 Å². The topological polar surface area (TPSA) is 84.5 Å². The van der Waals surface area contributed by atoms with Gasteiger partial charge in [-0.2, -0.15) is 0 Å². The van der Waals surface area contributed by atoms with E-state index in [2.05, 4.69) is 10.6 Å².